The number of nitrogens with one attached hydrogen (secondary N) is 2. The minimum Gasteiger partial charge on any atom is -0.467 e. The van der Waals surface area contributed by atoms with Crippen LogP contribution in [-0.4, -0.2) is 60.4 Å². The molecule has 7 heteroatoms. The van der Waals surface area contributed by atoms with Crippen LogP contribution < -0.4 is 10.6 Å². The second kappa shape index (κ2) is 9.03. The number of hydrogen-bond acceptors (Lipinski definition) is 5. The van der Waals surface area contributed by atoms with Crippen LogP contribution in [0.1, 0.15) is 30.0 Å². The number of carbonyl (C=O) groups is 2. The van der Waals surface area contributed by atoms with Crippen molar-refractivity contribution in [2.75, 3.05) is 32.0 Å². The molecule has 0 saturated carbocycles. The first kappa shape index (κ1) is 20.1. The number of likely N-dealkylation sites (N-methyl/N-ethyl adjacent to an activating group) is 1. The van der Waals surface area contributed by atoms with E-state index in [0.29, 0.717) is 42.2 Å². The first-order valence-corrected chi connectivity index (χ1v) is 9.57. The maximum absolute atomic E-state index is 12.6. The van der Waals surface area contributed by atoms with Crippen LogP contribution in [0, 0.1) is 0 Å². The van der Waals surface area contributed by atoms with E-state index in [-0.39, 0.29) is 11.8 Å². The number of hydrogen-bond donors (Lipinski definition) is 2. The van der Waals surface area contributed by atoms with E-state index in [0.717, 1.165) is 13.1 Å². The molecule has 0 spiro atoms. The largest absolute Gasteiger partial charge is 0.467 e. The smallest absolute Gasteiger partial charge is 0.253 e. The van der Waals surface area contributed by atoms with E-state index in [1.54, 1.807) is 42.7 Å². The molecule has 3 rings (SSSR count). The summed E-state index contributed by atoms with van der Waals surface area (Å²) in [4.78, 5) is 29.6. The molecule has 1 fully saturated rings. The number of para-hydroxylation sites is 1. The van der Waals surface area contributed by atoms with Gasteiger partial charge in [0.25, 0.3) is 5.91 Å². The summed E-state index contributed by atoms with van der Waals surface area (Å²) in [6, 6.07) is 11.3. The zero-order chi connectivity index (χ0) is 20.1. The van der Waals surface area contributed by atoms with Crippen molar-refractivity contribution in [3.8, 4) is 0 Å². The highest BCUT2D eigenvalue weighted by Crippen LogP contribution is 2.17. The maximum Gasteiger partial charge on any atom is 0.253 e. The monoisotopic (exact) mass is 384 g/mol. The summed E-state index contributed by atoms with van der Waals surface area (Å²) in [5, 5.41) is 5.71. The molecule has 0 aliphatic carbocycles. The molecule has 150 valence electrons. The van der Waals surface area contributed by atoms with Crippen molar-refractivity contribution in [2.24, 2.45) is 0 Å². The number of amides is 2. The van der Waals surface area contributed by atoms with Crippen molar-refractivity contribution in [3.63, 3.8) is 0 Å². The summed E-state index contributed by atoms with van der Waals surface area (Å²) in [5.41, 5.74) is 0.946. The van der Waals surface area contributed by atoms with Crippen LogP contribution in [0.2, 0.25) is 0 Å². The average molecular weight is 384 g/mol. The molecule has 7 nitrogen and oxygen atoms in total. The molecule has 2 N–H and O–H groups in total. The number of benzene rings is 1. The van der Waals surface area contributed by atoms with Crippen LogP contribution in [0.5, 0.6) is 0 Å². The summed E-state index contributed by atoms with van der Waals surface area (Å²) in [6.45, 7) is 6.67. The van der Waals surface area contributed by atoms with Crippen molar-refractivity contribution in [1.29, 1.82) is 0 Å². The Morgan fingerprint density at radius 3 is 2.64 bits per heavy atom. The third kappa shape index (κ3) is 4.99. The van der Waals surface area contributed by atoms with Crippen molar-refractivity contribution in [2.45, 2.75) is 32.5 Å². The van der Waals surface area contributed by atoms with E-state index < -0.39 is 0 Å². The first-order chi connectivity index (χ1) is 13.4. The van der Waals surface area contributed by atoms with Gasteiger partial charge in [0.05, 0.1) is 30.6 Å². The highest BCUT2D eigenvalue weighted by atomic mass is 16.3. The third-order valence-electron chi connectivity index (χ3n) is 5.22. The van der Waals surface area contributed by atoms with E-state index in [1.807, 2.05) is 0 Å². The van der Waals surface area contributed by atoms with Crippen LogP contribution in [0.25, 0.3) is 0 Å². The Hall–Kier alpha value is -2.64. The van der Waals surface area contributed by atoms with E-state index in [4.69, 9.17) is 4.42 Å². The number of furan rings is 1. The predicted octanol–water partition coefficient (Wildman–Crippen LogP) is 2.17. The van der Waals surface area contributed by atoms with Gasteiger partial charge < -0.3 is 20.0 Å². The molecule has 2 aromatic rings. The van der Waals surface area contributed by atoms with Crippen molar-refractivity contribution >= 4 is 17.5 Å². The molecule has 1 saturated heterocycles. The van der Waals surface area contributed by atoms with Crippen molar-refractivity contribution in [1.82, 2.24) is 15.1 Å². The van der Waals surface area contributed by atoms with E-state index in [2.05, 4.69) is 41.3 Å². The highest BCUT2D eigenvalue weighted by Gasteiger charge is 2.28. The van der Waals surface area contributed by atoms with Gasteiger partial charge in [0.2, 0.25) is 5.91 Å². The maximum atomic E-state index is 12.6. The highest BCUT2D eigenvalue weighted by molar-refractivity contribution is 6.04. The van der Waals surface area contributed by atoms with Gasteiger partial charge in [-0.2, -0.15) is 0 Å². The van der Waals surface area contributed by atoms with Crippen LogP contribution >= 0.6 is 0 Å². The summed E-state index contributed by atoms with van der Waals surface area (Å²) < 4.78 is 5.23. The molecular formula is C21H28N4O3. The summed E-state index contributed by atoms with van der Waals surface area (Å²) >= 11 is 0. The second-order valence-electron chi connectivity index (χ2n) is 7.42. The summed E-state index contributed by atoms with van der Waals surface area (Å²) in [6.07, 6.45) is 1.57. The van der Waals surface area contributed by atoms with Crippen molar-refractivity contribution in [3.05, 3.63) is 54.0 Å². The first-order valence-electron chi connectivity index (χ1n) is 9.57. The van der Waals surface area contributed by atoms with E-state index in [1.165, 1.54) is 0 Å². The Morgan fingerprint density at radius 1 is 1.11 bits per heavy atom. The van der Waals surface area contributed by atoms with Crippen LogP contribution in [0.15, 0.2) is 47.1 Å². The fourth-order valence-electron chi connectivity index (χ4n) is 3.43. The Kier molecular flexibility index (Phi) is 6.49. The molecular weight excluding hydrogens is 356 g/mol. The lowest BCUT2D eigenvalue weighted by Gasteiger charge is -2.42. The lowest BCUT2D eigenvalue weighted by atomic mass is 10.1. The molecule has 28 heavy (non-hydrogen) atoms. The van der Waals surface area contributed by atoms with Gasteiger partial charge in [0, 0.05) is 25.2 Å². The minimum absolute atomic E-state index is 0.116. The number of carbonyl (C=O) groups excluding carboxylic acids is 2. The molecule has 1 aliphatic rings. The molecule has 0 unspecified atom stereocenters. The Balaban J connectivity index is 1.61. The van der Waals surface area contributed by atoms with Crippen LogP contribution in [0.4, 0.5) is 5.69 Å². The van der Waals surface area contributed by atoms with Gasteiger partial charge >= 0.3 is 0 Å². The third-order valence-corrected chi connectivity index (χ3v) is 5.22. The minimum atomic E-state index is -0.256. The quantitative estimate of drug-likeness (QED) is 0.798. The molecule has 1 aromatic heterocycles. The average Bonchev–Trinajstić information content (AvgIpc) is 3.18. The normalized spacial score (nSPS) is 20.7. The SMILES string of the molecule is C[C@H]1CN(CC(=O)Nc2ccccc2C(=O)NCc2ccco2)[C@@H](C)CN1C. The van der Waals surface area contributed by atoms with Gasteiger partial charge in [0.1, 0.15) is 5.76 Å². The van der Waals surface area contributed by atoms with Gasteiger partial charge in [-0.25, -0.2) is 0 Å². The topological polar surface area (TPSA) is 77.8 Å². The van der Waals surface area contributed by atoms with Gasteiger partial charge in [-0.15, -0.1) is 0 Å². The fraction of sp³-hybridized carbons (Fsp3) is 0.429. The molecule has 0 bridgehead atoms. The fourth-order valence-corrected chi connectivity index (χ4v) is 3.43. The molecule has 2 heterocycles. The second-order valence-corrected chi connectivity index (χ2v) is 7.42. The number of piperazine rings is 1. The molecule has 2 amide bonds. The number of anilines is 1. The Bertz CT molecular complexity index is 806. The molecule has 1 aliphatic heterocycles. The molecule has 0 radical (unpaired) electrons. The Morgan fingerprint density at radius 2 is 1.89 bits per heavy atom. The van der Waals surface area contributed by atoms with Crippen LogP contribution in [0.3, 0.4) is 0 Å². The zero-order valence-corrected chi connectivity index (χ0v) is 16.6. The lowest BCUT2D eigenvalue weighted by molar-refractivity contribution is -0.118. The Labute approximate surface area is 165 Å². The van der Waals surface area contributed by atoms with E-state index >= 15 is 0 Å². The molecule has 2 atom stereocenters. The van der Waals surface area contributed by atoms with Gasteiger partial charge in [-0.05, 0) is 45.2 Å². The standard InChI is InChI=1S/C21H28N4O3/c1-15-13-25(16(2)12-24(15)3)14-20(26)23-19-9-5-4-8-18(19)21(27)22-11-17-7-6-10-28-17/h4-10,15-16H,11-14H2,1-3H3,(H,22,27)(H,23,26)/t15-,16-/m0/s1. The van der Waals surface area contributed by atoms with Crippen LogP contribution in [-0.2, 0) is 11.3 Å². The predicted molar refractivity (Wildman–Crippen MR) is 108 cm³/mol. The number of rotatable bonds is 6. The summed E-state index contributed by atoms with van der Waals surface area (Å²) in [7, 11) is 2.11. The molecule has 1 aromatic carbocycles. The van der Waals surface area contributed by atoms with E-state index in [9.17, 15) is 9.59 Å². The number of nitrogens with zero attached hydrogens (tertiary/aromatic N) is 2. The van der Waals surface area contributed by atoms with Crippen molar-refractivity contribution < 1.29 is 14.0 Å². The summed E-state index contributed by atoms with van der Waals surface area (Å²) in [5.74, 6) is 0.303. The lowest BCUT2D eigenvalue weighted by Crippen LogP contribution is -2.56. The van der Waals surface area contributed by atoms with Gasteiger partial charge in [-0.1, -0.05) is 12.1 Å². The zero-order valence-electron chi connectivity index (χ0n) is 16.6. The van der Waals surface area contributed by atoms with Gasteiger partial charge in [0.15, 0.2) is 0 Å². The van der Waals surface area contributed by atoms with Gasteiger partial charge in [-0.3, -0.25) is 14.5 Å².